The molecule has 8 heteroatoms. The summed E-state index contributed by atoms with van der Waals surface area (Å²) < 4.78 is 1.61. The number of hydrogen-bond acceptors (Lipinski definition) is 6. The number of nitrogens with two attached hydrogens (primary N) is 1. The van der Waals surface area contributed by atoms with E-state index in [1.807, 2.05) is 12.1 Å². The Bertz CT molecular complexity index is 632. The summed E-state index contributed by atoms with van der Waals surface area (Å²) in [7, 11) is 0. The topological polar surface area (TPSA) is 129 Å². The monoisotopic (exact) mass is 254 g/mol. The van der Waals surface area contributed by atoms with Gasteiger partial charge < -0.3 is 5.73 Å². The molecular formula is C11H10N8. The fourth-order valence-corrected chi connectivity index (χ4v) is 1.30. The molecule has 0 saturated heterocycles. The number of amidine groups is 1. The summed E-state index contributed by atoms with van der Waals surface area (Å²) >= 11 is 0. The van der Waals surface area contributed by atoms with Gasteiger partial charge in [-0.05, 0) is 24.3 Å². The Morgan fingerprint density at radius 2 is 2.16 bits per heavy atom. The average molecular weight is 254 g/mol. The molecule has 2 aromatic rings. The Balaban J connectivity index is 2.12. The highest BCUT2D eigenvalue weighted by molar-refractivity contribution is 6.45. The highest BCUT2D eigenvalue weighted by atomic mass is 15.3. The van der Waals surface area contributed by atoms with Crippen LogP contribution >= 0.6 is 0 Å². The van der Waals surface area contributed by atoms with E-state index in [0.29, 0.717) is 5.69 Å². The van der Waals surface area contributed by atoms with E-state index in [2.05, 4.69) is 20.6 Å². The highest BCUT2D eigenvalue weighted by Gasteiger charge is 2.01. The molecule has 0 aliphatic heterocycles. The number of benzene rings is 1. The summed E-state index contributed by atoms with van der Waals surface area (Å²) in [5, 5.41) is 23.5. The predicted octanol–water partition coefficient (Wildman–Crippen LogP) is 0.495. The summed E-state index contributed by atoms with van der Waals surface area (Å²) in [6.45, 7) is 0. The summed E-state index contributed by atoms with van der Waals surface area (Å²) in [6, 6.07) is 8.86. The molecule has 94 valence electrons. The molecule has 19 heavy (non-hydrogen) atoms. The van der Waals surface area contributed by atoms with Crippen LogP contribution in [0.4, 0.5) is 5.69 Å². The Labute approximate surface area is 108 Å². The van der Waals surface area contributed by atoms with Gasteiger partial charge in [0.2, 0.25) is 5.71 Å². The van der Waals surface area contributed by atoms with Gasteiger partial charge in [-0.1, -0.05) is 0 Å². The number of anilines is 1. The molecule has 0 atom stereocenters. The van der Waals surface area contributed by atoms with E-state index in [1.54, 1.807) is 29.2 Å². The van der Waals surface area contributed by atoms with Gasteiger partial charge in [0, 0.05) is 0 Å². The molecule has 0 fully saturated rings. The zero-order valence-electron chi connectivity index (χ0n) is 9.78. The molecule has 0 radical (unpaired) electrons. The summed E-state index contributed by atoms with van der Waals surface area (Å²) in [6.07, 6.45) is 3.03. The third kappa shape index (κ3) is 2.92. The number of hydrogen-bond donors (Lipinski definition) is 3. The second-order valence-corrected chi connectivity index (χ2v) is 3.48. The van der Waals surface area contributed by atoms with Crippen LogP contribution < -0.4 is 11.2 Å². The van der Waals surface area contributed by atoms with Crippen molar-refractivity contribution in [3.05, 3.63) is 36.9 Å². The van der Waals surface area contributed by atoms with Crippen LogP contribution in [0, 0.1) is 16.7 Å². The Morgan fingerprint density at radius 1 is 1.42 bits per heavy atom. The van der Waals surface area contributed by atoms with Crippen molar-refractivity contribution in [1.82, 2.24) is 14.8 Å². The predicted molar refractivity (Wildman–Crippen MR) is 69.9 cm³/mol. The van der Waals surface area contributed by atoms with Crippen LogP contribution in [0.5, 0.6) is 0 Å². The van der Waals surface area contributed by atoms with Crippen molar-refractivity contribution in [2.75, 3.05) is 5.43 Å². The number of rotatable bonds is 4. The lowest BCUT2D eigenvalue weighted by Crippen LogP contribution is -2.21. The number of aromatic nitrogens is 3. The van der Waals surface area contributed by atoms with Gasteiger partial charge in [-0.2, -0.15) is 15.5 Å². The number of nitrogens with zero attached hydrogens (tertiary/aromatic N) is 5. The largest absolute Gasteiger partial charge is 0.382 e. The van der Waals surface area contributed by atoms with Gasteiger partial charge in [0.1, 0.15) is 18.7 Å². The lowest BCUT2D eigenvalue weighted by Gasteiger charge is -2.03. The quantitative estimate of drug-likeness (QED) is 0.415. The zero-order chi connectivity index (χ0) is 13.7. The average Bonchev–Trinajstić information content (AvgIpc) is 2.94. The first-order valence-electron chi connectivity index (χ1n) is 5.24. The lowest BCUT2D eigenvalue weighted by atomic mass is 10.3. The molecule has 0 aliphatic carbocycles. The van der Waals surface area contributed by atoms with Crippen molar-refractivity contribution in [3.8, 4) is 11.8 Å². The second-order valence-electron chi connectivity index (χ2n) is 3.48. The maximum atomic E-state index is 8.68. The highest BCUT2D eigenvalue weighted by Crippen LogP contribution is 2.11. The molecule has 1 aromatic carbocycles. The van der Waals surface area contributed by atoms with Crippen LogP contribution in [0.25, 0.3) is 5.69 Å². The molecule has 0 amide bonds. The van der Waals surface area contributed by atoms with Gasteiger partial charge >= 0.3 is 0 Å². The molecule has 0 spiro atoms. The Kier molecular flexibility index (Phi) is 3.49. The first-order chi connectivity index (χ1) is 9.20. The molecule has 1 heterocycles. The van der Waals surface area contributed by atoms with Crippen molar-refractivity contribution in [2.45, 2.75) is 0 Å². The first kappa shape index (κ1) is 12.3. The number of nitriles is 1. The summed E-state index contributed by atoms with van der Waals surface area (Å²) in [5.41, 5.74) is 9.16. The van der Waals surface area contributed by atoms with Crippen LogP contribution in [0.3, 0.4) is 0 Å². The van der Waals surface area contributed by atoms with Gasteiger partial charge in [0.05, 0.1) is 11.4 Å². The Morgan fingerprint density at radius 3 is 2.68 bits per heavy atom. The van der Waals surface area contributed by atoms with Crippen molar-refractivity contribution in [1.29, 1.82) is 10.7 Å². The van der Waals surface area contributed by atoms with Crippen LogP contribution in [0.15, 0.2) is 42.0 Å². The SMILES string of the molecule is N#C/C(=N\Nc1ccc(-n2cncn2)cc1)C(=N)N. The van der Waals surface area contributed by atoms with Crippen LogP contribution in [0.1, 0.15) is 0 Å². The maximum absolute atomic E-state index is 8.68. The van der Waals surface area contributed by atoms with E-state index in [1.165, 1.54) is 6.33 Å². The maximum Gasteiger partial charge on any atom is 0.201 e. The van der Waals surface area contributed by atoms with Crippen LogP contribution in [0.2, 0.25) is 0 Å². The molecule has 0 unspecified atom stereocenters. The van der Waals surface area contributed by atoms with Crippen molar-refractivity contribution in [3.63, 3.8) is 0 Å². The standard InChI is InChI=1S/C11H10N8/c12-5-10(11(13)14)18-17-8-1-3-9(4-2-8)19-7-15-6-16-19/h1-4,6-7,17H,(H3,13,14)/b18-10+. The zero-order valence-corrected chi connectivity index (χ0v) is 9.78. The van der Waals surface area contributed by atoms with Gasteiger partial charge in [-0.15, -0.1) is 0 Å². The van der Waals surface area contributed by atoms with E-state index < -0.39 is 0 Å². The van der Waals surface area contributed by atoms with Crippen molar-refractivity contribution < 1.29 is 0 Å². The lowest BCUT2D eigenvalue weighted by molar-refractivity contribution is 0.879. The van der Waals surface area contributed by atoms with Crippen LogP contribution in [-0.2, 0) is 0 Å². The molecule has 0 saturated carbocycles. The van der Waals surface area contributed by atoms with Crippen molar-refractivity contribution >= 4 is 17.2 Å². The van der Waals surface area contributed by atoms with E-state index >= 15 is 0 Å². The Hall–Kier alpha value is -3.21. The van der Waals surface area contributed by atoms with E-state index in [9.17, 15) is 0 Å². The molecule has 1 aromatic heterocycles. The molecule has 2 rings (SSSR count). The molecule has 0 bridgehead atoms. The number of hydrazone groups is 1. The molecule has 4 N–H and O–H groups in total. The van der Waals surface area contributed by atoms with Gasteiger partial charge in [-0.3, -0.25) is 10.8 Å². The molecular weight excluding hydrogens is 244 g/mol. The fraction of sp³-hybridized carbons (Fsp3) is 0. The summed E-state index contributed by atoms with van der Waals surface area (Å²) in [5.74, 6) is -0.380. The minimum absolute atomic E-state index is 0.166. The van der Waals surface area contributed by atoms with Crippen molar-refractivity contribution in [2.24, 2.45) is 10.8 Å². The third-order valence-corrected chi connectivity index (χ3v) is 2.21. The fourth-order valence-electron chi connectivity index (χ4n) is 1.30. The van der Waals surface area contributed by atoms with Gasteiger partial charge in [0.25, 0.3) is 0 Å². The number of nitrogens with one attached hydrogen (secondary N) is 2. The first-order valence-corrected chi connectivity index (χ1v) is 5.24. The minimum Gasteiger partial charge on any atom is -0.382 e. The molecule has 0 aliphatic rings. The van der Waals surface area contributed by atoms with E-state index in [4.69, 9.17) is 16.4 Å². The van der Waals surface area contributed by atoms with E-state index in [0.717, 1.165) is 5.69 Å². The molecule has 8 nitrogen and oxygen atoms in total. The van der Waals surface area contributed by atoms with E-state index in [-0.39, 0.29) is 11.5 Å². The second kappa shape index (κ2) is 5.42. The van der Waals surface area contributed by atoms with Gasteiger partial charge in [0.15, 0.2) is 5.84 Å². The minimum atomic E-state index is -0.380. The summed E-state index contributed by atoms with van der Waals surface area (Å²) in [4.78, 5) is 3.85. The van der Waals surface area contributed by atoms with Gasteiger partial charge in [-0.25, -0.2) is 9.67 Å². The third-order valence-electron chi connectivity index (χ3n) is 2.21. The smallest absolute Gasteiger partial charge is 0.201 e. The van der Waals surface area contributed by atoms with Crippen LogP contribution in [-0.4, -0.2) is 26.3 Å². The normalized spacial score (nSPS) is 10.8.